The third-order valence-corrected chi connectivity index (χ3v) is 4.91. The number of rotatable bonds is 7. The zero-order valence-electron chi connectivity index (χ0n) is 11.2. The van der Waals surface area contributed by atoms with E-state index in [9.17, 15) is 0 Å². The van der Waals surface area contributed by atoms with Crippen LogP contribution in [0.4, 0.5) is 0 Å². The van der Waals surface area contributed by atoms with Gasteiger partial charge in [-0.1, -0.05) is 29.3 Å². The first-order chi connectivity index (χ1) is 9.24. The fourth-order valence-electron chi connectivity index (χ4n) is 2.19. The van der Waals surface area contributed by atoms with Crippen LogP contribution in [0.15, 0.2) is 28.1 Å². The molecule has 0 saturated heterocycles. The summed E-state index contributed by atoms with van der Waals surface area (Å²) in [5, 5.41) is 3.65. The topological polar surface area (TPSA) is 3.24 Å². The first-order valence-corrected chi connectivity index (χ1v) is 8.89. The van der Waals surface area contributed by atoms with E-state index >= 15 is 0 Å². The minimum absolute atomic E-state index is 0.704. The van der Waals surface area contributed by atoms with Gasteiger partial charge in [-0.05, 0) is 47.5 Å². The number of fused-ring (bicyclic) bond motifs is 1. The Morgan fingerprint density at radius 2 is 2.16 bits per heavy atom. The van der Waals surface area contributed by atoms with E-state index < -0.39 is 0 Å². The summed E-state index contributed by atoms with van der Waals surface area (Å²) in [5.41, 5.74) is 1.42. The minimum atomic E-state index is 0.704. The number of alkyl halides is 1. The number of thiophene rings is 1. The second-order valence-corrected chi connectivity index (χ2v) is 6.92. The lowest BCUT2D eigenvalue weighted by molar-refractivity contribution is 0.278. The van der Waals surface area contributed by atoms with Crippen molar-refractivity contribution >= 4 is 49.0 Å². The molecule has 0 aliphatic heterocycles. The van der Waals surface area contributed by atoms with E-state index in [-0.39, 0.29) is 0 Å². The lowest BCUT2D eigenvalue weighted by Gasteiger charge is -2.20. The van der Waals surface area contributed by atoms with E-state index in [0.29, 0.717) is 5.88 Å². The van der Waals surface area contributed by atoms with Gasteiger partial charge in [-0.25, -0.2) is 0 Å². The van der Waals surface area contributed by atoms with Crippen LogP contribution in [-0.2, 0) is 6.54 Å². The molecule has 0 fully saturated rings. The highest BCUT2D eigenvalue weighted by atomic mass is 79.9. The van der Waals surface area contributed by atoms with Crippen LogP contribution in [-0.4, -0.2) is 23.9 Å². The first kappa shape index (κ1) is 15.3. The van der Waals surface area contributed by atoms with Gasteiger partial charge in [0.2, 0.25) is 0 Å². The van der Waals surface area contributed by atoms with Crippen molar-refractivity contribution in [2.45, 2.75) is 26.3 Å². The van der Waals surface area contributed by atoms with Gasteiger partial charge in [-0.3, -0.25) is 4.90 Å². The monoisotopic (exact) mass is 359 g/mol. The lowest BCUT2D eigenvalue weighted by Crippen LogP contribution is -2.26. The molecule has 0 radical (unpaired) electrons. The molecular weight excluding hydrogens is 342 g/mol. The number of hydrogen-bond acceptors (Lipinski definition) is 2. The molecule has 19 heavy (non-hydrogen) atoms. The molecule has 4 heteroatoms. The number of halogens is 2. The Bertz CT molecular complexity index is 526. The van der Waals surface area contributed by atoms with Crippen LogP contribution in [0, 0.1) is 0 Å². The summed E-state index contributed by atoms with van der Waals surface area (Å²) < 4.78 is 2.51. The van der Waals surface area contributed by atoms with Gasteiger partial charge >= 0.3 is 0 Å². The van der Waals surface area contributed by atoms with Crippen molar-refractivity contribution in [1.29, 1.82) is 0 Å². The van der Waals surface area contributed by atoms with Gasteiger partial charge < -0.3 is 0 Å². The number of nitrogens with zero attached hydrogens (tertiary/aromatic N) is 1. The normalized spacial score (nSPS) is 11.6. The van der Waals surface area contributed by atoms with Crippen LogP contribution in [0.5, 0.6) is 0 Å². The Morgan fingerprint density at radius 3 is 2.89 bits per heavy atom. The van der Waals surface area contributed by atoms with Crippen molar-refractivity contribution in [1.82, 2.24) is 4.90 Å². The van der Waals surface area contributed by atoms with Gasteiger partial charge in [-0.2, -0.15) is 0 Å². The van der Waals surface area contributed by atoms with Crippen LogP contribution < -0.4 is 0 Å². The molecule has 104 valence electrons. The molecule has 1 aromatic carbocycles. The van der Waals surface area contributed by atoms with Crippen LogP contribution in [0.25, 0.3) is 10.1 Å². The largest absolute Gasteiger partial charge is 0.298 e. The summed E-state index contributed by atoms with van der Waals surface area (Å²) in [6, 6.07) is 6.52. The van der Waals surface area contributed by atoms with Crippen molar-refractivity contribution < 1.29 is 0 Å². The van der Waals surface area contributed by atoms with Crippen LogP contribution >= 0.6 is 38.9 Å². The Labute approximate surface area is 132 Å². The smallest absolute Gasteiger partial charge is 0.0351 e. The third-order valence-electron chi connectivity index (χ3n) is 3.24. The van der Waals surface area contributed by atoms with Crippen molar-refractivity contribution in [2.75, 3.05) is 19.0 Å². The average molecular weight is 361 g/mol. The molecule has 2 aromatic rings. The SMILES string of the molecule is CCCCN(CCCl)Cc1csc2ccc(Br)cc12. The van der Waals surface area contributed by atoms with E-state index in [0.717, 1.165) is 24.1 Å². The van der Waals surface area contributed by atoms with Gasteiger partial charge in [-0.15, -0.1) is 22.9 Å². The highest BCUT2D eigenvalue weighted by Gasteiger charge is 2.09. The second kappa shape index (κ2) is 7.63. The third kappa shape index (κ3) is 4.19. The first-order valence-electron chi connectivity index (χ1n) is 6.68. The van der Waals surface area contributed by atoms with E-state index in [1.54, 1.807) is 0 Å². The molecule has 0 amide bonds. The van der Waals surface area contributed by atoms with Crippen molar-refractivity contribution in [3.63, 3.8) is 0 Å². The van der Waals surface area contributed by atoms with E-state index in [2.05, 4.69) is 51.3 Å². The Kier molecular flexibility index (Phi) is 6.14. The van der Waals surface area contributed by atoms with Crippen molar-refractivity contribution in [2.24, 2.45) is 0 Å². The molecule has 0 unspecified atom stereocenters. The molecule has 0 saturated carbocycles. The van der Waals surface area contributed by atoms with Crippen LogP contribution in [0.3, 0.4) is 0 Å². The highest BCUT2D eigenvalue weighted by Crippen LogP contribution is 2.29. The lowest BCUT2D eigenvalue weighted by atomic mass is 10.1. The molecule has 0 bridgehead atoms. The fraction of sp³-hybridized carbons (Fsp3) is 0.467. The highest BCUT2D eigenvalue weighted by molar-refractivity contribution is 9.10. The molecular formula is C15H19BrClNS. The van der Waals surface area contributed by atoms with Crippen molar-refractivity contribution in [3.05, 3.63) is 33.6 Å². The van der Waals surface area contributed by atoms with Gasteiger partial charge in [0.25, 0.3) is 0 Å². The average Bonchev–Trinajstić information content (AvgIpc) is 2.79. The summed E-state index contributed by atoms with van der Waals surface area (Å²) in [6.45, 7) is 5.33. The molecule has 0 atom stereocenters. The van der Waals surface area contributed by atoms with Crippen LogP contribution in [0.1, 0.15) is 25.3 Å². The summed E-state index contributed by atoms with van der Waals surface area (Å²) in [7, 11) is 0. The Balaban J connectivity index is 2.15. The quantitative estimate of drug-likeness (QED) is 0.589. The fourth-order valence-corrected chi connectivity index (χ4v) is 3.72. The zero-order chi connectivity index (χ0) is 13.7. The maximum absolute atomic E-state index is 5.91. The van der Waals surface area contributed by atoms with E-state index in [4.69, 9.17) is 11.6 Å². The Hall–Kier alpha value is -0.0900. The summed E-state index contributed by atoms with van der Waals surface area (Å²) in [5.74, 6) is 0.704. The predicted molar refractivity (Wildman–Crippen MR) is 90.4 cm³/mol. The van der Waals surface area contributed by atoms with Crippen molar-refractivity contribution in [3.8, 4) is 0 Å². The molecule has 2 rings (SSSR count). The molecule has 0 aliphatic carbocycles. The molecule has 0 N–H and O–H groups in total. The van der Waals surface area contributed by atoms with Gasteiger partial charge in [0.1, 0.15) is 0 Å². The molecule has 1 aromatic heterocycles. The predicted octanol–water partition coefficient (Wildman–Crippen LogP) is 5.50. The van der Waals surface area contributed by atoms with Gasteiger partial charge in [0.05, 0.1) is 0 Å². The Morgan fingerprint density at radius 1 is 1.32 bits per heavy atom. The maximum Gasteiger partial charge on any atom is 0.0351 e. The van der Waals surface area contributed by atoms with Gasteiger partial charge in [0.15, 0.2) is 0 Å². The number of benzene rings is 1. The summed E-state index contributed by atoms with van der Waals surface area (Å²) in [4.78, 5) is 2.46. The zero-order valence-corrected chi connectivity index (χ0v) is 14.3. The molecule has 1 nitrogen and oxygen atoms in total. The van der Waals surface area contributed by atoms with Gasteiger partial charge in [0, 0.05) is 28.1 Å². The van der Waals surface area contributed by atoms with E-state index in [1.807, 2.05) is 11.3 Å². The standard InChI is InChI=1S/C15H19BrClNS/c1-2-3-7-18(8-6-17)10-12-11-19-15-5-4-13(16)9-14(12)15/h4-5,9,11H,2-3,6-8,10H2,1H3. The summed E-state index contributed by atoms with van der Waals surface area (Å²) in [6.07, 6.45) is 2.47. The van der Waals surface area contributed by atoms with Crippen LogP contribution in [0.2, 0.25) is 0 Å². The second-order valence-electron chi connectivity index (χ2n) is 4.72. The molecule has 0 spiro atoms. The van der Waals surface area contributed by atoms with E-state index in [1.165, 1.54) is 28.5 Å². The number of unbranched alkanes of at least 4 members (excludes halogenated alkanes) is 1. The number of hydrogen-bond donors (Lipinski definition) is 0. The molecule has 0 aliphatic rings. The molecule has 1 heterocycles. The minimum Gasteiger partial charge on any atom is -0.298 e. The maximum atomic E-state index is 5.91. The summed E-state index contributed by atoms with van der Waals surface area (Å²) >= 11 is 11.3.